The molecule has 3 aromatic rings. The number of carbonyl (C=O) groups is 2. The number of aromatic nitrogens is 2. The van der Waals surface area contributed by atoms with Crippen molar-refractivity contribution in [1.29, 1.82) is 0 Å². The second-order valence-electron chi connectivity index (χ2n) is 5.95. The number of benzene rings is 2. The van der Waals surface area contributed by atoms with Gasteiger partial charge in [-0.05, 0) is 31.2 Å². The van der Waals surface area contributed by atoms with Crippen molar-refractivity contribution in [3.63, 3.8) is 0 Å². The Balaban J connectivity index is 1.96. The third-order valence-corrected chi connectivity index (χ3v) is 5.40. The summed E-state index contributed by atoms with van der Waals surface area (Å²) in [5.41, 5.74) is 3.59. The standard InChI is InChI=1S/C20H16N2O4S/c1-2-26-20(25)17-15-11-27-16-9-4-3-8-14(16)18(15)22(21-17)13-7-5-6-12(10-13)19(23)24/h3-10H,2,11H2,1H3,(H,23,24). The molecule has 0 aliphatic carbocycles. The highest BCUT2D eigenvalue weighted by Crippen LogP contribution is 2.43. The zero-order valence-electron chi connectivity index (χ0n) is 14.5. The first kappa shape index (κ1) is 17.4. The normalized spacial score (nSPS) is 12.2. The molecule has 2 aromatic carbocycles. The lowest BCUT2D eigenvalue weighted by atomic mass is 10.1. The molecule has 0 atom stereocenters. The molecule has 0 saturated heterocycles. The monoisotopic (exact) mass is 380 g/mol. The van der Waals surface area contributed by atoms with Gasteiger partial charge in [0.05, 0.1) is 23.6 Å². The Morgan fingerprint density at radius 2 is 2.04 bits per heavy atom. The van der Waals surface area contributed by atoms with Gasteiger partial charge in [0.1, 0.15) is 0 Å². The zero-order valence-corrected chi connectivity index (χ0v) is 15.3. The molecule has 0 radical (unpaired) electrons. The number of fused-ring (bicyclic) bond motifs is 3. The van der Waals surface area contributed by atoms with Gasteiger partial charge < -0.3 is 9.84 Å². The average molecular weight is 380 g/mol. The third-order valence-electron chi connectivity index (χ3n) is 4.30. The van der Waals surface area contributed by atoms with Crippen LogP contribution in [0.25, 0.3) is 16.9 Å². The molecule has 0 spiro atoms. The summed E-state index contributed by atoms with van der Waals surface area (Å²) in [5.74, 6) is -0.889. The molecule has 0 bridgehead atoms. The molecule has 7 heteroatoms. The molecular weight excluding hydrogens is 364 g/mol. The fraction of sp³-hybridized carbons (Fsp3) is 0.150. The number of carbonyl (C=O) groups excluding carboxylic acids is 1. The quantitative estimate of drug-likeness (QED) is 0.689. The van der Waals surface area contributed by atoms with Gasteiger partial charge in [-0.3, -0.25) is 0 Å². The predicted octanol–water partition coefficient (Wildman–Crippen LogP) is 4.02. The molecule has 2 heterocycles. The number of ether oxygens (including phenoxy) is 1. The van der Waals surface area contributed by atoms with Crippen LogP contribution in [0.2, 0.25) is 0 Å². The van der Waals surface area contributed by atoms with Crippen LogP contribution in [0.1, 0.15) is 33.3 Å². The van der Waals surface area contributed by atoms with E-state index in [0.29, 0.717) is 11.4 Å². The first-order valence-electron chi connectivity index (χ1n) is 8.45. The number of nitrogens with zero attached hydrogens (tertiary/aromatic N) is 2. The van der Waals surface area contributed by atoms with Crippen molar-refractivity contribution >= 4 is 23.7 Å². The largest absolute Gasteiger partial charge is 0.478 e. The number of thioether (sulfide) groups is 1. The number of hydrogen-bond donors (Lipinski definition) is 1. The van der Waals surface area contributed by atoms with Crippen LogP contribution in [0, 0.1) is 0 Å². The Morgan fingerprint density at radius 1 is 1.22 bits per heavy atom. The van der Waals surface area contributed by atoms with Crippen molar-refractivity contribution in [2.75, 3.05) is 6.61 Å². The van der Waals surface area contributed by atoms with Crippen molar-refractivity contribution in [1.82, 2.24) is 9.78 Å². The number of hydrogen-bond acceptors (Lipinski definition) is 5. The Labute approximate surface area is 159 Å². The molecule has 1 N–H and O–H groups in total. The van der Waals surface area contributed by atoms with Gasteiger partial charge in [0.25, 0.3) is 0 Å². The summed E-state index contributed by atoms with van der Waals surface area (Å²) in [6.45, 7) is 2.01. The number of carboxylic acid groups (broad SMARTS) is 1. The highest BCUT2D eigenvalue weighted by molar-refractivity contribution is 7.98. The van der Waals surface area contributed by atoms with Crippen LogP contribution in [0.15, 0.2) is 53.4 Å². The second-order valence-corrected chi connectivity index (χ2v) is 6.97. The van der Waals surface area contributed by atoms with Gasteiger partial charge in [0.15, 0.2) is 5.69 Å². The highest BCUT2D eigenvalue weighted by Gasteiger charge is 2.30. The second kappa shape index (κ2) is 6.92. The highest BCUT2D eigenvalue weighted by atomic mass is 32.2. The summed E-state index contributed by atoms with van der Waals surface area (Å²) in [6, 6.07) is 14.4. The maximum absolute atomic E-state index is 12.4. The van der Waals surface area contributed by atoms with Crippen LogP contribution in [0.3, 0.4) is 0 Å². The van der Waals surface area contributed by atoms with Gasteiger partial charge in [-0.1, -0.05) is 24.3 Å². The van der Waals surface area contributed by atoms with Crippen LogP contribution in [-0.4, -0.2) is 33.4 Å². The van der Waals surface area contributed by atoms with Crippen LogP contribution < -0.4 is 0 Å². The average Bonchev–Trinajstić information content (AvgIpc) is 3.08. The molecule has 1 aliphatic heterocycles. The van der Waals surface area contributed by atoms with Crippen LogP contribution in [0.4, 0.5) is 0 Å². The minimum absolute atomic E-state index is 0.160. The van der Waals surface area contributed by atoms with E-state index in [9.17, 15) is 14.7 Å². The lowest BCUT2D eigenvalue weighted by Gasteiger charge is -2.18. The minimum atomic E-state index is -1.01. The maximum atomic E-state index is 12.4. The van der Waals surface area contributed by atoms with E-state index in [2.05, 4.69) is 5.10 Å². The van der Waals surface area contributed by atoms with Gasteiger partial charge >= 0.3 is 11.9 Å². The molecule has 1 aromatic heterocycles. The van der Waals surface area contributed by atoms with Gasteiger partial charge in [0.2, 0.25) is 0 Å². The lowest BCUT2D eigenvalue weighted by molar-refractivity contribution is 0.0517. The third kappa shape index (κ3) is 3.00. The summed E-state index contributed by atoms with van der Waals surface area (Å²) in [7, 11) is 0. The first-order valence-corrected chi connectivity index (χ1v) is 9.43. The van der Waals surface area contributed by atoms with E-state index in [1.165, 1.54) is 6.07 Å². The lowest BCUT2D eigenvalue weighted by Crippen LogP contribution is -2.08. The Bertz CT molecular complexity index is 1060. The molecule has 4 rings (SSSR count). The summed E-state index contributed by atoms with van der Waals surface area (Å²) >= 11 is 1.64. The van der Waals surface area contributed by atoms with E-state index in [1.807, 2.05) is 24.3 Å². The molecule has 6 nitrogen and oxygen atoms in total. The number of aromatic carboxylic acids is 1. The summed E-state index contributed by atoms with van der Waals surface area (Å²) in [6.07, 6.45) is 0. The Hall–Kier alpha value is -3.06. The van der Waals surface area contributed by atoms with Crippen LogP contribution in [0.5, 0.6) is 0 Å². The van der Waals surface area contributed by atoms with Crippen molar-refractivity contribution in [2.24, 2.45) is 0 Å². The van der Waals surface area contributed by atoms with Crippen molar-refractivity contribution in [3.05, 3.63) is 65.4 Å². The SMILES string of the molecule is CCOC(=O)c1nn(-c2cccc(C(=O)O)c2)c2c1CSc1ccccc1-2. The van der Waals surface area contributed by atoms with Gasteiger partial charge in [-0.25, -0.2) is 14.3 Å². The van der Waals surface area contributed by atoms with Gasteiger partial charge in [-0.2, -0.15) is 5.10 Å². The van der Waals surface area contributed by atoms with Crippen molar-refractivity contribution < 1.29 is 19.4 Å². The minimum Gasteiger partial charge on any atom is -0.478 e. The molecule has 0 unspecified atom stereocenters. The number of esters is 1. The summed E-state index contributed by atoms with van der Waals surface area (Å²) in [5, 5.41) is 13.8. The molecule has 136 valence electrons. The van der Waals surface area contributed by atoms with E-state index in [0.717, 1.165) is 21.7 Å². The first-order chi connectivity index (χ1) is 13.1. The Kier molecular flexibility index (Phi) is 4.45. The topological polar surface area (TPSA) is 81.4 Å². The number of rotatable bonds is 4. The molecular formula is C20H16N2O4S. The maximum Gasteiger partial charge on any atom is 0.359 e. The zero-order chi connectivity index (χ0) is 19.0. The van der Waals surface area contributed by atoms with Gasteiger partial charge in [-0.15, -0.1) is 11.8 Å². The molecule has 0 amide bonds. The van der Waals surface area contributed by atoms with E-state index >= 15 is 0 Å². The van der Waals surface area contributed by atoms with E-state index < -0.39 is 11.9 Å². The molecule has 1 aliphatic rings. The Morgan fingerprint density at radius 3 is 2.81 bits per heavy atom. The molecule has 0 saturated carbocycles. The van der Waals surface area contributed by atoms with E-state index in [1.54, 1.807) is 41.6 Å². The van der Waals surface area contributed by atoms with Crippen LogP contribution >= 0.6 is 11.8 Å². The fourth-order valence-corrected chi connectivity index (χ4v) is 4.19. The van der Waals surface area contributed by atoms with Crippen molar-refractivity contribution in [2.45, 2.75) is 17.6 Å². The van der Waals surface area contributed by atoms with E-state index in [-0.39, 0.29) is 17.9 Å². The summed E-state index contributed by atoms with van der Waals surface area (Å²) in [4.78, 5) is 24.9. The van der Waals surface area contributed by atoms with Crippen molar-refractivity contribution in [3.8, 4) is 16.9 Å². The molecule has 27 heavy (non-hydrogen) atoms. The number of carboxylic acids is 1. The fourth-order valence-electron chi connectivity index (χ4n) is 3.12. The smallest absolute Gasteiger partial charge is 0.359 e. The van der Waals surface area contributed by atoms with E-state index in [4.69, 9.17) is 4.74 Å². The van der Waals surface area contributed by atoms with Crippen LogP contribution in [-0.2, 0) is 10.5 Å². The summed E-state index contributed by atoms with van der Waals surface area (Å²) < 4.78 is 6.82. The molecule has 0 fully saturated rings. The van der Waals surface area contributed by atoms with Gasteiger partial charge in [0, 0.05) is 21.8 Å². The predicted molar refractivity (Wildman–Crippen MR) is 101 cm³/mol.